The zero-order chi connectivity index (χ0) is 22.6. The molecular weight excluding hydrogens is 398 g/mol. The fourth-order valence-electron chi connectivity index (χ4n) is 8.77. The molecule has 4 fully saturated rings. The Balaban J connectivity index is 1.34. The Labute approximate surface area is 193 Å². The number of benzene rings is 1. The highest BCUT2D eigenvalue weighted by atomic mass is 16.5. The number of methoxy groups -OCH3 is 1. The highest BCUT2D eigenvalue weighted by Crippen LogP contribution is 2.68. The Bertz CT molecular complexity index is 883. The average Bonchev–Trinajstić information content (AvgIpc) is 3.05. The normalized spacial score (nSPS) is 43.5. The number of nitrogens with zero attached hydrogens (tertiary/aromatic N) is 1. The number of phenolic OH excluding ortho intramolecular Hbond substituents is 1. The largest absolute Gasteiger partial charge is 0.504 e. The zero-order valence-electron chi connectivity index (χ0n) is 20.1. The van der Waals surface area contributed by atoms with Gasteiger partial charge in [0.05, 0.1) is 19.3 Å². The summed E-state index contributed by atoms with van der Waals surface area (Å²) in [6.45, 7) is 5.38. The lowest BCUT2D eigenvalue weighted by atomic mass is 9.44. The number of aliphatic hydroxyl groups is 1. The number of hydrogen-bond acceptors (Lipinski definition) is 4. The van der Waals surface area contributed by atoms with Gasteiger partial charge in [-0.25, -0.2) is 0 Å². The van der Waals surface area contributed by atoms with Crippen molar-refractivity contribution in [2.45, 2.75) is 83.7 Å². The maximum atomic E-state index is 11.9. The van der Waals surface area contributed by atoms with E-state index < -0.39 is 5.60 Å². The molecule has 4 aliphatic rings. The Hall–Kier alpha value is -1.55. The molecule has 4 nitrogen and oxygen atoms in total. The van der Waals surface area contributed by atoms with Crippen LogP contribution in [0.25, 0.3) is 0 Å². The fraction of sp³-hybridized carbons (Fsp3) is 0.750. The third-order valence-electron chi connectivity index (χ3n) is 10.7. The summed E-state index contributed by atoms with van der Waals surface area (Å²) in [7, 11) is 1.55. The number of ether oxygens (including phenoxy) is 1. The maximum absolute atomic E-state index is 11.9. The van der Waals surface area contributed by atoms with Crippen LogP contribution in [0.2, 0.25) is 0 Å². The summed E-state index contributed by atoms with van der Waals surface area (Å²) in [6.07, 6.45) is 14.5. The van der Waals surface area contributed by atoms with Gasteiger partial charge >= 0.3 is 0 Å². The Morgan fingerprint density at radius 1 is 1.03 bits per heavy atom. The zero-order valence-corrected chi connectivity index (χ0v) is 20.1. The number of rotatable bonds is 4. The number of hydrogen-bond donors (Lipinski definition) is 2. The van der Waals surface area contributed by atoms with Gasteiger partial charge in [-0.1, -0.05) is 32.8 Å². The van der Waals surface area contributed by atoms with Crippen LogP contribution in [0.3, 0.4) is 0 Å². The third-order valence-corrected chi connectivity index (χ3v) is 10.7. The maximum Gasteiger partial charge on any atom is 0.166 e. The number of fused-ring (bicyclic) bond motifs is 5. The minimum absolute atomic E-state index is 0.0558. The smallest absolute Gasteiger partial charge is 0.166 e. The molecule has 0 amide bonds. The topological polar surface area (TPSA) is 62.0 Å². The summed E-state index contributed by atoms with van der Waals surface area (Å²) >= 11 is 0. The van der Waals surface area contributed by atoms with Gasteiger partial charge in [0.25, 0.3) is 0 Å². The standard InChI is InChI=1S/C28H41NO3/c1-26-14-5-4-8-20(26)10-11-21-22(26)12-15-27(2)23(21)13-16-28(27,31)18-29-17-19-7-6-9-24(32-3)25(19)30/h6-7,9,17,20-23,30-31H,4-5,8,10-16,18H2,1-3H3/t20-,21-,22+,23+,26+,27+,28+/m1/s1. The van der Waals surface area contributed by atoms with Crippen molar-refractivity contribution in [3.63, 3.8) is 0 Å². The molecule has 32 heavy (non-hydrogen) atoms. The van der Waals surface area contributed by atoms with Gasteiger partial charge in [0, 0.05) is 17.2 Å². The molecule has 5 rings (SSSR count). The minimum Gasteiger partial charge on any atom is -0.504 e. The first kappa shape index (κ1) is 22.3. The van der Waals surface area contributed by atoms with Crippen molar-refractivity contribution in [2.24, 2.45) is 39.5 Å². The van der Waals surface area contributed by atoms with E-state index in [1.165, 1.54) is 44.9 Å². The number of phenols is 1. The molecule has 4 aliphatic carbocycles. The van der Waals surface area contributed by atoms with Crippen molar-refractivity contribution in [1.82, 2.24) is 0 Å². The molecule has 0 aliphatic heterocycles. The van der Waals surface area contributed by atoms with E-state index in [-0.39, 0.29) is 11.2 Å². The van der Waals surface area contributed by atoms with Crippen molar-refractivity contribution in [3.05, 3.63) is 23.8 Å². The van der Waals surface area contributed by atoms with Crippen LogP contribution in [-0.4, -0.2) is 35.7 Å². The van der Waals surface area contributed by atoms with Crippen molar-refractivity contribution < 1.29 is 14.9 Å². The Kier molecular flexibility index (Phi) is 5.59. The second kappa shape index (κ2) is 8.04. The van der Waals surface area contributed by atoms with E-state index in [2.05, 4.69) is 18.8 Å². The van der Waals surface area contributed by atoms with Crippen LogP contribution < -0.4 is 4.74 Å². The van der Waals surface area contributed by atoms with Crippen LogP contribution in [-0.2, 0) is 0 Å². The first-order valence-corrected chi connectivity index (χ1v) is 12.9. The summed E-state index contributed by atoms with van der Waals surface area (Å²) in [6, 6.07) is 5.42. The molecule has 0 aromatic heterocycles. The molecule has 0 bridgehead atoms. The van der Waals surface area contributed by atoms with Gasteiger partial charge < -0.3 is 14.9 Å². The molecule has 4 saturated carbocycles. The Morgan fingerprint density at radius 3 is 2.66 bits per heavy atom. The summed E-state index contributed by atoms with van der Waals surface area (Å²) < 4.78 is 5.21. The van der Waals surface area contributed by atoms with Gasteiger partial charge in [-0.2, -0.15) is 0 Å². The van der Waals surface area contributed by atoms with E-state index in [9.17, 15) is 10.2 Å². The quantitative estimate of drug-likeness (QED) is 0.567. The second-order valence-corrected chi connectivity index (χ2v) is 11.8. The van der Waals surface area contributed by atoms with E-state index in [1.54, 1.807) is 19.4 Å². The summed E-state index contributed by atoms with van der Waals surface area (Å²) in [5, 5.41) is 22.2. The van der Waals surface area contributed by atoms with E-state index in [0.29, 0.717) is 29.2 Å². The molecule has 0 radical (unpaired) electrons. The number of aliphatic imine (C=N–C) groups is 1. The fourth-order valence-corrected chi connectivity index (χ4v) is 8.77. The van der Waals surface area contributed by atoms with Crippen LogP contribution in [0, 0.1) is 34.5 Å². The van der Waals surface area contributed by atoms with Crippen molar-refractivity contribution >= 4 is 6.21 Å². The van der Waals surface area contributed by atoms with E-state index in [1.807, 2.05) is 12.1 Å². The van der Waals surface area contributed by atoms with Crippen molar-refractivity contribution in [2.75, 3.05) is 13.7 Å². The molecule has 1 aromatic carbocycles. The number of para-hydroxylation sites is 1. The highest BCUT2D eigenvalue weighted by molar-refractivity contribution is 5.84. The molecule has 7 atom stereocenters. The first-order valence-electron chi connectivity index (χ1n) is 12.9. The van der Waals surface area contributed by atoms with Crippen LogP contribution >= 0.6 is 0 Å². The summed E-state index contributed by atoms with van der Waals surface area (Å²) in [4.78, 5) is 4.66. The van der Waals surface area contributed by atoms with E-state index in [4.69, 9.17) is 4.74 Å². The van der Waals surface area contributed by atoms with Crippen LogP contribution in [0.4, 0.5) is 0 Å². The lowest BCUT2D eigenvalue weighted by Gasteiger charge is -2.61. The summed E-state index contributed by atoms with van der Waals surface area (Å²) in [5.41, 5.74) is 0.364. The van der Waals surface area contributed by atoms with Crippen LogP contribution in [0.5, 0.6) is 11.5 Å². The molecule has 1 aromatic rings. The van der Waals surface area contributed by atoms with Gasteiger partial charge in [-0.3, -0.25) is 4.99 Å². The molecule has 2 N–H and O–H groups in total. The predicted molar refractivity (Wildman–Crippen MR) is 128 cm³/mol. The van der Waals surface area contributed by atoms with E-state index in [0.717, 1.165) is 37.0 Å². The lowest BCUT2D eigenvalue weighted by Crippen LogP contribution is -2.56. The van der Waals surface area contributed by atoms with Gasteiger partial charge in [0.1, 0.15) is 0 Å². The second-order valence-electron chi connectivity index (χ2n) is 11.8. The van der Waals surface area contributed by atoms with Gasteiger partial charge in [-0.05, 0) is 92.6 Å². The molecule has 176 valence electrons. The molecule has 0 spiro atoms. The van der Waals surface area contributed by atoms with Crippen molar-refractivity contribution in [1.29, 1.82) is 0 Å². The van der Waals surface area contributed by atoms with Crippen LogP contribution in [0.1, 0.15) is 83.6 Å². The van der Waals surface area contributed by atoms with Crippen molar-refractivity contribution in [3.8, 4) is 11.5 Å². The molecule has 0 unspecified atom stereocenters. The molecular formula is C28H41NO3. The average molecular weight is 440 g/mol. The molecule has 4 heteroatoms. The SMILES string of the molecule is COc1cccc(C=NC[C@@]2(O)CC[C@H]3[C@@H]4CC[C@H]5CCCC[C@]5(C)[C@H]4CC[C@@]32C)c1O. The van der Waals surface area contributed by atoms with Gasteiger partial charge in [-0.15, -0.1) is 0 Å². The molecule has 0 saturated heterocycles. The minimum atomic E-state index is -0.752. The Morgan fingerprint density at radius 2 is 1.84 bits per heavy atom. The molecule has 0 heterocycles. The highest BCUT2D eigenvalue weighted by Gasteiger charge is 2.64. The monoisotopic (exact) mass is 439 g/mol. The van der Waals surface area contributed by atoms with Gasteiger partial charge in [0.2, 0.25) is 0 Å². The van der Waals surface area contributed by atoms with E-state index >= 15 is 0 Å². The van der Waals surface area contributed by atoms with Gasteiger partial charge in [0.15, 0.2) is 11.5 Å². The number of aromatic hydroxyl groups is 1. The first-order chi connectivity index (χ1) is 15.3. The van der Waals surface area contributed by atoms with Crippen LogP contribution in [0.15, 0.2) is 23.2 Å². The third kappa shape index (κ3) is 3.23. The summed E-state index contributed by atoms with van der Waals surface area (Å²) in [5.74, 6) is 3.73. The predicted octanol–water partition coefficient (Wildman–Crippen LogP) is 5.98. The lowest BCUT2D eigenvalue weighted by molar-refractivity contribution is -0.147.